The summed E-state index contributed by atoms with van der Waals surface area (Å²) in [6.07, 6.45) is 6.74. The minimum Gasteiger partial charge on any atom is -0.312 e. The smallest absolute Gasteiger partial charge is 0.0217 e. The molecule has 0 saturated heterocycles. The van der Waals surface area contributed by atoms with E-state index >= 15 is 0 Å². The fourth-order valence-electron chi connectivity index (χ4n) is 2.05. The van der Waals surface area contributed by atoms with E-state index in [0.29, 0.717) is 0 Å². The maximum Gasteiger partial charge on any atom is 0.0217 e. The lowest BCUT2D eigenvalue weighted by Crippen LogP contribution is -2.41. The van der Waals surface area contributed by atoms with Gasteiger partial charge in [0.05, 0.1) is 0 Å². The molecule has 0 radical (unpaired) electrons. The van der Waals surface area contributed by atoms with Crippen molar-refractivity contribution >= 4 is 0 Å². The molecule has 0 heterocycles. The van der Waals surface area contributed by atoms with E-state index in [9.17, 15) is 0 Å². The third-order valence-corrected chi connectivity index (χ3v) is 3.52. The summed E-state index contributed by atoms with van der Waals surface area (Å²) in [5, 5.41) is 3.67. The number of hydrogen-bond donors (Lipinski definition) is 1. The van der Waals surface area contributed by atoms with Crippen LogP contribution in [0.1, 0.15) is 52.9 Å². The van der Waals surface area contributed by atoms with Crippen molar-refractivity contribution in [3.8, 4) is 0 Å². The third-order valence-electron chi connectivity index (χ3n) is 3.52. The summed E-state index contributed by atoms with van der Waals surface area (Å²) in [4.78, 5) is 2.55. The van der Waals surface area contributed by atoms with Gasteiger partial charge in [-0.3, -0.25) is 0 Å². The molecule has 2 nitrogen and oxygen atoms in total. The molecule has 0 spiro atoms. The Kier molecular flexibility index (Phi) is 6.37. The summed E-state index contributed by atoms with van der Waals surface area (Å²) in [6, 6.07) is 1.59. The second kappa shape index (κ2) is 7.29. The van der Waals surface area contributed by atoms with Gasteiger partial charge in [0.25, 0.3) is 0 Å². The molecule has 2 heteroatoms. The zero-order valence-electron chi connectivity index (χ0n) is 11.6. The lowest BCUT2D eigenvalue weighted by atomic mass is 10.1. The fraction of sp³-hybridized carbons (Fsp3) is 1.00. The van der Waals surface area contributed by atoms with Gasteiger partial charge in [0.1, 0.15) is 0 Å². The maximum atomic E-state index is 3.67. The monoisotopic (exact) mass is 226 g/mol. The van der Waals surface area contributed by atoms with Crippen molar-refractivity contribution in [1.82, 2.24) is 10.2 Å². The molecule has 0 aromatic carbocycles. The van der Waals surface area contributed by atoms with Crippen LogP contribution in [0.4, 0.5) is 0 Å². The Morgan fingerprint density at radius 3 is 2.44 bits per heavy atom. The topological polar surface area (TPSA) is 15.3 Å². The fourth-order valence-corrected chi connectivity index (χ4v) is 2.05. The number of nitrogens with one attached hydrogen (secondary N) is 1. The van der Waals surface area contributed by atoms with Gasteiger partial charge in [0, 0.05) is 18.6 Å². The van der Waals surface area contributed by atoms with Crippen molar-refractivity contribution in [1.29, 1.82) is 0 Å². The molecular formula is C14H30N2. The summed E-state index contributed by atoms with van der Waals surface area (Å²) < 4.78 is 0. The average Bonchev–Trinajstić information content (AvgIpc) is 3.04. The summed E-state index contributed by atoms with van der Waals surface area (Å²) in [5.41, 5.74) is 0. The molecule has 0 aliphatic heterocycles. The Morgan fingerprint density at radius 2 is 1.94 bits per heavy atom. The van der Waals surface area contributed by atoms with Gasteiger partial charge in [-0.05, 0) is 45.2 Å². The number of rotatable bonds is 9. The van der Waals surface area contributed by atoms with E-state index in [1.807, 2.05) is 0 Å². The van der Waals surface area contributed by atoms with Crippen molar-refractivity contribution in [3.63, 3.8) is 0 Å². The number of nitrogens with zero attached hydrogens (tertiary/aromatic N) is 1. The Balaban J connectivity index is 2.22. The van der Waals surface area contributed by atoms with Crippen LogP contribution in [0, 0.1) is 5.92 Å². The maximum absolute atomic E-state index is 3.67. The van der Waals surface area contributed by atoms with Crippen LogP contribution in [0.5, 0.6) is 0 Å². The first-order valence-electron chi connectivity index (χ1n) is 7.07. The lowest BCUT2D eigenvalue weighted by molar-refractivity contribution is 0.211. The van der Waals surface area contributed by atoms with Crippen LogP contribution < -0.4 is 5.32 Å². The third kappa shape index (κ3) is 5.86. The molecule has 0 aromatic heterocycles. The highest BCUT2D eigenvalue weighted by Gasteiger charge is 2.22. The van der Waals surface area contributed by atoms with Crippen molar-refractivity contribution in [2.24, 2.45) is 5.92 Å². The second-order valence-corrected chi connectivity index (χ2v) is 5.79. The Labute approximate surface area is 102 Å². The highest BCUT2D eigenvalue weighted by atomic mass is 15.2. The van der Waals surface area contributed by atoms with E-state index in [1.54, 1.807) is 0 Å². The molecule has 1 atom stereocenters. The van der Waals surface area contributed by atoms with Crippen LogP contribution in [0.15, 0.2) is 0 Å². The summed E-state index contributed by atoms with van der Waals surface area (Å²) in [6.45, 7) is 9.35. The van der Waals surface area contributed by atoms with E-state index in [-0.39, 0.29) is 0 Å². The van der Waals surface area contributed by atoms with Gasteiger partial charge in [-0.1, -0.05) is 27.2 Å². The Hall–Kier alpha value is -0.0800. The van der Waals surface area contributed by atoms with Gasteiger partial charge in [-0.25, -0.2) is 0 Å². The summed E-state index contributed by atoms with van der Waals surface area (Å²) >= 11 is 0. The molecule has 0 amide bonds. The molecule has 1 fully saturated rings. The molecule has 0 bridgehead atoms. The normalized spacial score (nSPS) is 18.4. The number of likely N-dealkylation sites (N-methyl/N-ethyl adjacent to an activating group) is 1. The van der Waals surface area contributed by atoms with E-state index in [2.05, 4.69) is 38.0 Å². The van der Waals surface area contributed by atoms with Crippen molar-refractivity contribution in [3.05, 3.63) is 0 Å². The first kappa shape index (κ1) is 14.0. The highest BCUT2D eigenvalue weighted by Crippen LogP contribution is 2.19. The van der Waals surface area contributed by atoms with Crippen molar-refractivity contribution in [2.45, 2.75) is 65.0 Å². The first-order chi connectivity index (χ1) is 7.63. The number of hydrogen-bond acceptors (Lipinski definition) is 2. The van der Waals surface area contributed by atoms with Gasteiger partial charge in [0.2, 0.25) is 0 Å². The molecule has 96 valence electrons. The minimum absolute atomic E-state index is 0.740. The van der Waals surface area contributed by atoms with E-state index in [0.717, 1.165) is 18.0 Å². The Bertz CT molecular complexity index is 176. The molecule has 0 aromatic rings. The molecule has 1 unspecified atom stereocenters. The van der Waals surface area contributed by atoms with Crippen molar-refractivity contribution < 1.29 is 0 Å². The van der Waals surface area contributed by atoms with Crippen LogP contribution in [0.3, 0.4) is 0 Å². The van der Waals surface area contributed by atoms with Gasteiger partial charge < -0.3 is 10.2 Å². The Morgan fingerprint density at radius 1 is 1.25 bits per heavy atom. The van der Waals surface area contributed by atoms with Crippen LogP contribution in [0.2, 0.25) is 0 Å². The van der Waals surface area contributed by atoms with Gasteiger partial charge in [0.15, 0.2) is 0 Å². The quantitative estimate of drug-likeness (QED) is 0.650. The van der Waals surface area contributed by atoms with Gasteiger partial charge in [-0.2, -0.15) is 0 Å². The standard InChI is InChI=1S/C14H30N2/c1-5-6-14(11-15-13-7-8-13)16(4)10-9-12(2)3/h12-15H,5-11H2,1-4H3. The average molecular weight is 226 g/mol. The van der Waals surface area contributed by atoms with E-state index < -0.39 is 0 Å². The molecule has 1 aliphatic carbocycles. The van der Waals surface area contributed by atoms with Gasteiger partial charge >= 0.3 is 0 Å². The van der Waals surface area contributed by atoms with E-state index in [1.165, 1.54) is 45.2 Å². The summed E-state index contributed by atoms with van der Waals surface area (Å²) in [5.74, 6) is 0.820. The first-order valence-corrected chi connectivity index (χ1v) is 7.07. The predicted octanol–water partition coefficient (Wildman–Crippen LogP) is 2.89. The SMILES string of the molecule is CCCC(CNC1CC1)N(C)CCC(C)C. The zero-order chi connectivity index (χ0) is 12.0. The zero-order valence-corrected chi connectivity index (χ0v) is 11.6. The largest absolute Gasteiger partial charge is 0.312 e. The molecule has 16 heavy (non-hydrogen) atoms. The lowest BCUT2D eigenvalue weighted by Gasteiger charge is -2.29. The molecule has 1 aliphatic rings. The van der Waals surface area contributed by atoms with Gasteiger partial charge in [-0.15, -0.1) is 0 Å². The van der Waals surface area contributed by atoms with Crippen LogP contribution >= 0.6 is 0 Å². The van der Waals surface area contributed by atoms with Crippen LogP contribution in [0.25, 0.3) is 0 Å². The summed E-state index contributed by atoms with van der Waals surface area (Å²) in [7, 11) is 2.29. The van der Waals surface area contributed by atoms with Crippen LogP contribution in [-0.4, -0.2) is 37.1 Å². The van der Waals surface area contributed by atoms with Crippen LogP contribution in [-0.2, 0) is 0 Å². The molecule has 1 N–H and O–H groups in total. The highest BCUT2D eigenvalue weighted by molar-refractivity contribution is 4.83. The molecule has 1 saturated carbocycles. The molecular weight excluding hydrogens is 196 g/mol. The minimum atomic E-state index is 0.740. The predicted molar refractivity (Wildman–Crippen MR) is 71.8 cm³/mol. The molecule has 1 rings (SSSR count). The van der Waals surface area contributed by atoms with Crippen molar-refractivity contribution in [2.75, 3.05) is 20.1 Å². The van der Waals surface area contributed by atoms with E-state index in [4.69, 9.17) is 0 Å². The second-order valence-electron chi connectivity index (χ2n) is 5.79.